The first-order valence-corrected chi connectivity index (χ1v) is 5.93. The minimum absolute atomic E-state index is 0.0923. The molecule has 2 aromatic rings. The van der Waals surface area contributed by atoms with Crippen molar-refractivity contribution in [3.8, 4) is 11.5 Å². The molecule has 5 heteroatoms. The number of aromatic nitrogens is 2. The molecule has 5 nitrogen and oxygen atoms in total. The number of ether oxygens (including phenoxy) is 1. The number of nitrogens with zero attached hydrogens (tertiary/aromatic N) is 2. The standard InChI is InChI=1S/C14H14N2O3/c1-3-11-13(17)12(7-9(2)16-11)19-14(18)10-5-4-6-15-8-10/h4-8,17H,3H2,1-2H3. The first-order valence-electron chi connectivity index (χ1n) is 5.93. The molecule has 98 valence electrons. The number of esters is 1. The fourth-order valence-corrected chi connectivity index (χ4v) is 1.66. The molecule has 0 unspecified atom stereocenters. The first-order chi connectivity index (χ1) is 9.11. The Morgan fingerprint density at radius 1 is 1.47 bits per heavy atom. The number of rotatable bonds is 3. The monoisotopic (exact) mass is 258 g/mol. The number of hydrogen-bond acceptors (Lipinski definition) is 5. The van der Waals surface area contributed by atoms with Gasteiger partial charge in [0.25, 0.3) is 0 Å². The van der Waals surface area contributed by atoms with Crippen LogP contribution >= 0.6 is 0 Å². The van der Waals surface area contributed by atoms with Gasteiger partial charge in [0.1, 0.15) is 0 Å². The summed E-state index contributed by atoms with van der Waals surface area (Å²) in [5, 5.41) is 9.95. The Labute approximate surface area is 110 Å². The number of hydrogen-bond donors (Lipinski definition) is 1. The maximum atomic E-state index is 11.9. The lowest BCUT2D eigenvalue weighted by Crippen LogP contribution is -2.09. The van der Waals surface area contributed by atoms with Gasteiger partial charge in [-0.3, -0.25) is 9.97 Å². The summed E-state index contributed by atoms with van der Waals surface area (Å²) in [6.45, 7) is 3.65. The van der Waals surface area contributed by atoms with Crippen LogP contribution in [0.15, 0.2) is 30.6 Å². The zero-order valence-corrected chi connectivity index (χ0v) is 10.8. The van der Waals surface area contributed by atoms with E-state index in [0.29, 0.717) is 23.4 Å². The molecular weight excluding hydrogens is 244 g/mol. The van der Waals surface area contributed by atoms with Crippen LogP contribution in [0.25, 0.3) is 0 Å². The molecule has 0 aromatic carbocycles. The summed E-state index contributed by atoms with van der Waals surface area (Å²) in [6.07, 6.45) is 3.54. The normalized spacial score (nSPS) is 10.2. The fourth-order valence-electron chi connectivity index (χ4n) is 1.66. The van der Waals surface area contributed by atoms with E-state index in [-0.39, 0.29) is 11.5 Å². The first kappa shape index (κ1) is 13.0. The number of carbonyl (C=O) groups excluding carboxylic acids is 1. The molecule has 2 heterocycles. The molecule has 0 bridgehead atoms. The molecule has 0 fully saturated rings. The van der Waals surface area contributed by atoms with Gasteiger partial charge in [0.05, 0.1) is 11.3 Å². The maximum Gasteiger partial charge on any atom is 0.345 e. The lowest BCUT2D eigenvalue weighted by molar-refractivity contribution is 0.0728. The fraction of sp³-hybridized carbons (Fsp3) is 0.214. The van der Waals surface area contributed by atoms with E-state index in [4.69, 9.17) is 4.74 Å². The summed E-state index contributed by atoms with van der Waals surface area (Å²) < 4.78 is 5.19. The van der Waals surface area contributed by atoms with Crippen LogP contribution in [0.5, 0.6) is 11.5 Å². The van der Waals surface area contributed by atoms with Crippen molar-refractivity contribution >= 4 is 5.97 Å². The van der Waals surface area contributed by atoms with E-state index < -0.39 is 5.97 Å². The second-order valence-electron chi connectivity index (χ2n) is 4.04. The van der Waals surface area contributed by atoms with Crippen molar-refractivity contribution in [3.05, 3.63) is 47.5 Å². The Bertz CT molecular complexity index is 597. The topological polar surface area (TPSA) is 72.3 Å². The van der Waals surface area contributed by atoms with Crippen LogP contribution in [0.4, 0.5) is 0 Å². The van der Waals surface area contributed by atoms with E-state index in [9.17, 15) is 9.90 Å². The smallest absolute Gasteiger partial charge is 0.345 e. The number of pyridine rings is 2. The third kappa shape index (κ3) is 2.88. The minimum Gasteiger partial charge on any atom is -0.503 e. The predicted octanol–water partition coefficient (Wildman–Crippen LogP) is 2.27. The van der Waals surface area contributed by atoms with Gasteiger partial charge in [0.15, 0.2) is 11.5 Å². The molecule has 0 aliphatic carbocycles. The average molecular weight is 258 g/mol. The average Bonchev–Trinajstić information content (AvgIpc) is 2.43. The maximum absolute atomic E-state index is 11.9. The van der Waals surface area contributed by atoms with Gasteiger partial charge in [-0.15, -0.1) is 0 Å². The highest BCUT2D eigenvalue weighted by Gasteiger charge is 2.15. The third-order valence-corrected chi connectivity index (χ3v) is 2.59. The molecule has 19 heavy (non-hydrogen) atoms. The summed E-state index contributed by atoms with van der Waals surface area (Å²) in [6, 6.07) is 4.77. The molecule has 1 N–H and O–H groups in total. The molecule has 2 rings (SSSR count). The van der Waals surface area contributed by atoms with Crippen molar-refractivity contribution in [2.24, 2.45) is 0 Å². The molecule has 0 saturated heterocycles. The van der Waals surface area contributed by atoms with E-state index in [1.807, 2.05) is 6.92 Å². The van der Waals surface area contributed by atoms with Crippen LogP contribution < -0.4 is 4.74 Å². The summed E-state index contributed by atoms with van der Waals surface area (Å²) in [5.74, 6) is -0.528. The minimum atomic E-state index is -0.559. The molecule has 0 radical (unpaired) electrons. The van der Waals surface area contributed by atoms with Crippen molar-refractivity contribution in [2.45, 2.75) is 20.3 Å². The highest BCUT2D eigenvalue weighted by molar-refractivity contribution is 5.90. The quantitative estimate of drug-likeness (QED) is 0.855. The van der Waals surface area contributed by atoms with E-state index in [1.165, 1.54) is 12.3 Å². The second kappa shape index (κ2) is 5.48. The van der Waals surface area contributed by atoms with Crippen LogP contribution in [-0.2, 0) is 6.42 Å². The molecule has 0 saturated carbocycles. The third-order valence-electron chi connectivity index (χ3n) is 2.59. The van der Waals surface area contributed by atoms with Crippen LogP contribution in [0, 0.1) is 6.92 Å². The zero-order valence-electron chi connectivity index (χ0n) is 10.8. The van der Waals surface area contributed by atoms with Gasteiger partial charge in [-0.05, 0) is 25.5 Å². The SMILES string of the molecule is CCc1nc(C)cc(OC(=O)c2cccnc2)c1O. The molecule has 0 aliphatic heterocycles. The van der Waals surface area contributed by atoms with Crippen molar-refractivity contribution in [1.82, 2.24) is 9.97 Å². The van der Waals surface area contributed by atoms with Gasteiger partial charge in [-0.25, -0.2) is 4.79 Å². The van der Waals surface area contributed by atoms with Gasteiger partial charge >= 0.3 is 5.97 Å². The summed E-state index contributed by atoms with van der Waals surface area (Å²) in [5.41, 5.74) is 1.52. The van der Waals surface area contributed by atoms with Gasteiger partial charge in [-0.2, -0.15) is 0 Å². The highest BCUT2D eigenvalue weighted by Crippen LogP contribution is 2.30. The van der Waals surface area contributed by atoms with Crippen molar-refractivity contribution < 1.29 is 14.6 Å². The van der Waals surface area contributed by atoms with E-state index in [1.54, 1.807) is 25.3 Å². The van der Waals surface area contributed by atoms with E-state index >= 15 is 0 Å². The summed E-state index contributed by atoms with van der Waals surface area (Å²) in [7, 11) is 0. The van der Waals surface area contributed by atoms with Gasteiger partial charge in [-0.1, -0.05) is 6.92 Å². The zero-order chi connectivity index (χ0) is 13.8. The lowest BCUT2D eigenvalue weighted by atomic mass is 10.2. The second-order valence-corrected chi connectivity index (χ2v) is 4.04. The van der Waals surface area contributed by atoms with Gasteiger partial charge in [0, 0.05) is 24.2 Å². The Morgan fingerprint density at radius 2 is 2.26 bits per heavy atom. The Kier molecular flexibility index (Phi) is 3.75. The van der Waals surface area contributed by atoms with Gasteiger partial charge in [0.2, 0.25) is 0 Å². The molecular formula is C14H14N2O3. The largest absolute Gasteiger partial charge is 0.503 e. The molecule has 0 spiro atoms. The molecule has 2 aromatic heterocycles. The molecule has 0 amide bonds. The number of carbonyl (C=O) groups is 1. The van der Waals surface area contributed by atoms with E-state index in [0.717, 1.165) is 0 Å². The Balaban J connectivity index is 2.29. The van der Waals surface area contributed by atoms with Crippen molar-refractivity contribution in [3.63, 3.8) is 0 Å². The van der Waals surface area contributed by atoms with Crippen LogP contribution in [0.3, 0.4) is 0 Å². The number of aromatic hydroxyl groups is 1. The summed E-state index contributed by atoms with van der Waals surface area (Å²) in [4.78, 5) is 19.9. The molecule has 0 aliphatic rings. The number of aryl methyl sites for hydroxylation is 2. The van der Waals surface area contributed by atoms with Crippen molar-refractivity contribution in [1.29, 1.82) is 0 Å². The van der Waals surface area contributed by atoms with Crippen LogP contribution in [0.1, 0.15) is 28.7 Å². The predicted molar refractivity (Wildman–Crippen MR) is 69.2 cm³/mol. The summed E-state index contributed by atoms with van der Waals surface area (Å²) >= 11 is 0. The highest BCUT2D eigenvalue weighted by atomic mass is 16.5. The van der Waals surface area contributed by atoms with Crippen molar-refractivity contribution in [2.75, 3.05) is 0 Å². The van der Waals surface area contributed by atoms with Gasteiger partial charge < -0.3 is 9.84 Å². The molecule has 0 atom stereocenters. The Hall–Kier alpha value is -2.43. The van der Waals surface area contributed by atoms with Crippen LogP contribution in [0.2, 0.25) is 0 Å². The lowest BCUT2D eigenvalue weighted by Gasteiger charge is -2.09. The van der Waals surface area contributed by atoms with Crippen LogP contribution in [-0.4, -0.2) is 21.0 Å². The van der Waals surface area contributed by atoms with E-state index in [2.05, 4.69) is 9.97 Å². The Morgan fingerprint density at radius 3 is 2.89 bits per heavy atom.